The number of methoxy groups -OCH3 is 1. The Morgan fingerprint density at radius 3 is 2.80 bits per heavy atom. The first kappa shape index (κ1) is 14.6. The summed E-state index contributed by atoms with van der Waals surface area (Å²) < 4.78 is 5.37. The molecule has 4 heteroatoms. The van der Waals surface area contributed by atoms with Crippen molar-refractivity contribution >= 4 is 0 Å². The van der Waals surface area contributed by atoms with Gasteiger partial charge in [0.25, 0.3) is 0 Å². The van der Waals surface area contributed by atoms with Crippen molar-refractivity contribution in [1.82, 2.24) is 15.1 Å². The normalized spacial score (nSPS) is 11.0. The van der Waals surface area contributed by atoms with Crippen molar-refractivity contribution in [2.75, 3.05) is 20.7 Å². The fourth-order valence-electron chi connectivity index (χ4n) is 2.36. The van der Waals surface area contributed by atoms with E-state index >= 15 is 0 Å². The molecule has 0 aliphatic heterocycles. The van der Waals surface area contributed by atoms with Gasteiger partial charge in [0.05, 0.1) is 12.8 Å². The van der Waals surface area contributed by atoms with Gasteiger partial charge in [-0.05, 0) is 51.1 Å². The van der Waals surface area contributed by atoms with Crippen LogP contribution >= 0.6 is 0 Å². The standard InChI is InChI=1S/C16H23N3O/c1-13-11-15(18-17-13)12-19(2)10-6-8-14-7-4-5-9-16(14)20-3/h4-5,7,9,11H,6,8,10,12H2,1-3H3,(H,17,18). The number of rotatable bonds is 7. The number of hydrogen-bond acceptors (Lipinski definition) is 3. The van der Waals surface area contributed by atoms with Crippen molar-refractivity contribution in [2.45, 2.75) is 26.3 Å². The molecule has 2 rings (SSSR count). The lowest BCUT2D eigenvalue weighted by Gasteiger charge is -2.15. The van der Waals surface area contributed by atoms with Gasteiger partial charge in [-0.15, -0.1) is 0 Å². The Labute approximate surface area is 120 Å². The minimum Gasteiger partial charge on any atom is -0.496 e. The molecule has 0 aliphatic carbocycles. The van der Waals surface area contributed by atoms with E-state index in [4.69, 9.17) is 4.74 Å². The lowest BCUT2D eigenvalue weighted by atomic mass is 10.1. The van der Waals surface area contributed by atoms with Gasteiger partial charge in [-0.3, -0.25) is 5.10 Å². The van der Waals surface area contributed by atoms with Crippen LogP contribution in [-0.4, -0.2) is 35.8 Å². The zero-order valence-electron chi connectivity index (χ0n) is 12.5. The van der Waals surface area contributed by atoms with Crippen molar-refractivity contribution < 1.29 is 4.74 Å². The van der Waals surface area contributed by atoms with E-state index in [9.17, 15) is 0 Å². The maximum atomic E-state index is 5.37. The second kappa shape index (κ2) is 7.10. The third-order valence-corrected chi connectivity index (χ3v) is 3.37. The van der Waals surface area contributed by atoms with Gasteiger partial charge in [0.2, 0.25) is 0 Å². The predicted octanol–water partition coefficient (Wildman–Crippen LogP) is 2.79. The van der Waals surface area contributed by atoms with E-state index in [1.807, 2.05) is 19.1 Å². The van der Waals surface area contributed by atoms with Gasteiger partial charge in [0.1, 0.15) is 5.75 Å². The predicted molar refractivity (Wildman–Crippen MR) is 81.0 cm³/mol. The van der Waals surface area contributed by atoms with E-state index in [2.05, 4.69) is 40.3 Å². The molecule has 0 radical (unpaired) electrons. The summed E-state index contributed by atoms with van der Waals surface area (Å²) in [6.45, 7) is 3.96. The number of hydrogen-bond donors (Lipinski definition) is 1. The smallest absolute Gasteiger partial charge is 0.122 e. The number of nitrogens with zero attached hydrogens (tertiary/aromatic N) is 2. The first-order valence-electron chi connectivity index (χ1n) is 7.00. The van der Waals surface area contributed by atoms with Crippen LogP contribution < -0.4 is 4.74 Å². The molecule has 0 saturated carbocycles. The SMILES string of the molecule is COc1ccccc1CCCN(C)Cc1cc(C)[nH]n1. The largest absolute Gasteiger partial charge is 0.496 e. The summed E-state index contributed by atoms with van der Waals surface area (Å²) in [7, 11) is 3.86. The molecule has 1 aromatic carbocycles. The number of aromatic amines is 1. The highest BCUT2D eigenvalue weighted by Crippen LogP contribution is 2.18. The van der Waals surface area contributed by atoms with Crippen molar-refractivity contribution in [3.63, 3.8) is 0 Å². The van der Waals surface area contributed by atoms with E-state index < -0.39 is 0 Å². The van der Waals surface area contributed by atoms with Crippen molar-refractivity contribution in [2.24, 2.45) is 0 Å². The number of nitrogens with one attached hydrogen (secondary N) is 1. The molecule has 0 aliphatic rings. The summed E-state index contributed by atoms with van der Waals surface area (Å²) in [6, 6.07) is 10.3. The Morgan fingerprint density at radius 1 is 1.30 bits per heavy atom. The van der Waals surface area contributed by atoms with Crippen LogP contribution in [-0.2, 0) is 13.0 Å². The summed E-state index contributed by atoms with van der Waals surface area (Å²) >= 11 is 0. The van der Waals surface area contributed by atoms with Crippen LogP contribution in [0.2, 0.25) is 0 Å². The molecule has 1 N–H and O–H groups in total. The van der Waals surface area contributed by atoms with Crippen LogP contribution in [0.15, 0.2) is 30.3 Å². The van der Waals surface area contributed by atoms with Crippen molar-refractivity contribution in [1.29, 1.82) is 0 Å². The Kier molecular flexibility index (Phi) is 5.18. The van der Waals surface area contributed by atoms with Gasteiger partial charge in [0.15, 0.2) is 0 Å². The molecule has 4 nitrogen and oxygen atoms in total. The molecule has 1 aromatic heterocycles. The monoisotopic (exact) mass is 273 g/mol. The van der Waals surface area contributed by atoms with Gasteiger partial charge in [0, 0.05) is 12.2 Å². The Balaban J connectivity index is 1.77. The number of benzene rings is 1. The highest BCUT2D eigenvalue weighted by molar-refractivity contribution is 5.33. The van der Waals surface area contributed by atoms with Crippen LogP contribution in [0.3, 0.4) is 0 Å². The number of para-hydroxylation sites is 1. The summed E-state index contributed by atoms with van der Waals surface area (Å²) in [6.07, 6.45) is 2.15. The second-order valence-corrected chi connectivity index (χ2v) is 5.20. The molecular weight excluding hydrogens is 250 g/mol. The van der Waals surface area contributed by atoms with E-state index in [-0.39, 0.29) is 0 Å². The highest BCUT2D eigenvalue weighted by atomic mass is 16.5. The molecule has 0 atom stereocenters. The van der Waals surface area contributed by atoms with Gasteiger partial charge in [-0.25, -0.2) is 0 Å². The fourth-order valence-corrected chi connectivity index (χ4v) is 2.36. The first-order chi connectivity index (χ1) is 9.69. The summed E-state index contributed by atoms with van der Waals surface area (Å²) in [5, 5.41) is 7.24. The molecule has 0 fully saturated rings. The lowest BCUT2D eigenvalue weighted by Crippen LogP contribution is -2.19. The van der Waals surface area contributed by atoms with Crippen LogP contribution in [0.5, 0.6) is 5.75 Å². The first-order valence-corrected chi connectivity index (χ1v) is 7.00. The third kappa shape index (κ3) is 4.10. The molecule has 2 aromatic rings. The average Bonchev–Trinajstić information content (AvgIpc) is 2.84. The van der Waals surface area contributed by atoms with Crippen LogP contribution in [0, 0.1) is 6.92 Å². The molecule has 108 valence electrons. The zero-order valence-corrected chi connectivity index (χ0v) is 12.5. The number of ether oxygens (including phenoxy) is 1. The average molecular weight is 273 g/mol. The fraction of sp³-hybridized carbons (Fsp3) is 0.438. The maximum Gasteiger partial charge on any atom is 0.122 e. The molecule has 0 saturated heterocycles. The maximum absolute atomic E-state index is 5.37. The van der Waals surface area contributed by atoms with Crippen LogP contribution in [0.1, 0.15) is 23.4 Å². The van der Waals surface area contributed by atoms with E-state index in [1.54, 1.807) is 7.11 Å². The van der Waals surface area contributed by atoms with Gasteiger partial charge in [-0.1, -0.05) is 18.2 Å². The summed E-state index contributed by atoms with van der Waals surface area (Å²) in [5.41, 5.74) is 3.49. The Morgan fingerprint density at radius 2 is 2.10 bits per heavy atom. The molecule has 0 amide bonds. The molecule has 0 bridgehead atoms. The number of aryl methyl sites for hydroxylation is 2. The Hall–Kier alpha value is -1.81. The lowest BCUT2D eigenvalue weighted by molar-refractivity contribution is 0.317. The van der Waals surface area contributed by atoms with Crippen molar-refractivity contribution in [3.05, 3.63) is 47.3 Å². The topological polar surface area (TPSA) is 41.1 Å². The molecule has 20 heavy (non-hydrogen) atoms. The van der Waals surface area contributed by atoms with Crippen LogP contribution in [0.4, 0.5) is 0 Å². The number of H-pyrrole nitrogens is 1. The minimum absolute atomic E-state index is 0.885. The third-order valence-electron chi connectivity index (χ3n) is 3.37. The van der Waals surface area contributed by atoms with Crippen LogP contribution in [0.25, 0.3) is 0 Å². The molecule has 1 heterocycles. The summed E-state index contributed by atoms with van der Waals surface area (Å²) in [5.74, 6) is 0.984. The van der Waals surface area contributed by atoms with E-state index in [0.717, 1.165) is 43.1 Å². The van der Waals surface area contributed by atoms with E-state index in [1.165, 1.54) is 5.56 Å². The van der Waals surface area contributed by atoms with Gasteiger partial charge >= 0.3 is 0 Å². The van der Waals surface area contributed by atoms with Gasteiger partial charge < -0.3 is 9.64 Å². The minimum atomic E-state index is 0.885. The summed E-state index contributed by atoms with van der Waals surface area (Å²) in [4.78, 5) is 2.30. The molecule has 0 unspecified atom stereocenters. The molecule has 0 spiro atoms. The highest BCUT2D eigenvalue weighted by Gasteiger charge is 2.05. The van der Waals surface area contributed by atoms with Gasteiger partial charge in [-0.2, -0.15) is 5.10 Å². The molecular formula is C16H23N3O. The second-order valence-electron chi connectivity index (χ2n) is 5.20. The quantitative estimate of drug-likeness (QED) is 0.843. The zero-order chi connectivity index (χ0) is 14.4. The Bertz CT molecular complexity index is 536. The number of aromatic nitrogens is 2. The van der Waals surface area contributed by atoms with E-state index in [0.29, 0.717) is 0 Å². The van der Waals surface area contributed by atoms with Crippen molar-refractivity contribution in [3.8, 4) is 5.75 Å².